The van der Waals surface area contributed by atoms with Gasteiger partial charge in [-0.2, -0.15) is 5.10 Å². The van der Waals surface area contributed by atoms with Gasteiger partial charge in [0.05, 0.1) is 12.0 Å². The SMILES string of the molecule is Cn1nccc1-c1ccc(CCNC(=O)/C=C/c2ccco2)cc1. The van der Waals surface area contributed by atoms with Crippen LogP contribution in [-0.2, 0) is 18.3 Å². The number of nitrogens with zero attached hydrogens (tertiary/aromatic N) is 2. The predicted octanol–water partition coefficient (Wildman–Crippen LogP) is 3.05. The summed E-state index contributed by atoms with van der Waals surface area (Å²) < 4.78 is 6.98. The lowest BCUT2D eigenvalue weighted by molar-refractivity contribution is -0.116. The zero-order valence-corrected chi connectivity index (χ0v) is 13.5. The Labute approximate surface area is 140 Å². The average molecular weight is 321 g/mol. The number of carbonyl (C=O) groups excluding carboxylic acids is 1. The number of carbonyl (C=O) groups is 1. The summed E-state index contributed by atoms with van der Waals surface area (Å²) in [5, 5.41) is 7.04. The summed E-state index contributed by atoms with van der Waals surface area (Å²) in [5.74, 6) is 0.536. The van der Waals surface area contributed by atoms with Crippen LogP contribution in [-0.4, -0.2) is 22.2 Å². The van der Waals surface area contributed by atoms with Crippen LogP contribution < -0.4 is 5.32 Å². The highest BCUT2D eigenvalue weighted by Crippen LogP contribution is 2.18. The lowest BCUT2D eigenvalue weighted by Crippen LogP contribution is -2.23. The van der Waals surface area contributed by atoms with Gasteiger partial charge in [-0.3, -0.25) is 9.48 Å². The molecule has 0 aliphatic carbocycles. The van der Waals surface area contributed by atoms with Crippen LogP contribution in [0.15, 0.2) is 65.4 Å². The largest absolute Gasteiger partial charge is 0.465 e. The van der Waals surface area contributed by atoms with Gasteiger partial charge in [0.15, 0.2) is 0 Å². The number of nitrogens with one attached hydrogen (secondary N) is 1. The number of aryl methyl sites for hydroxylation is 1. The molecule has 1 amide bonds. The van der Waals surface area contributed by atoms with Crippen molar-refractivity contribution in [1.82, 2.24) is 15.1 Å². The van der Waals surface area contributed by atoms with Crippen LogP contribution in [0, 0.1) is 0 Å². The Balaban J connectivity index is 1.48. The van der Waals surface area contributed by atoms with E-state index in [2.05, 4.69) is 34.7 Å². The third-order valence-corrected chi connectivity index (χ3v) is 3.73. The minimum Gasteiger partial charge on any atom is -0.465 e. The molecule has 0 fully saturated rings. The first-order valence-electron chi connectivity index (χ1n) is 7.79. The normalized spacial score (nSPS) is 11.0. The summed E-state index contributed by atoms with van der Waals surface area (Å²) in [6, 6.07) is 13.9. The Morgan fingerprint density at radius 3 is 2.75 bits per heavy atom. The van der Waals surface area contributed by atoms with Crippen LogP contribution in [0.4, 0.5) is 0 Å². The van der Waals surface area contributed by atoms with Crippen molar-refractivity contribution in [2.75, 3.05) is 6.54 Å². The summed E-state index contributed by atoms with van der Waals surface area (Å²) in [6.07, 6.45) is 7.27. The Bertz CT molecular complexity index is 815. The first kappa shape index (κ1) is 15.8. The Morgan fingerprint density at radius 1 is 1.25 bits per heavy atom. The van der Waals surface area contributed by atoms with Crippen molar-refractivity contribution >= 4 is 12.0 Å². The van der Waals surface area contributed by atoms with Gasteiger partial charge in [0, 0.05) is 25.9 Å². The molecular formula is C19H19N3O2. The Kier molecular flexibility index (Phi) is 4.91. The molecule has 0 saturated heterocycles. The van der Waals surface area contributed by atoms with Crippen LogP contribution in [0.5, 0.6) is 0 Å². The maximum atomic E-state index is 11.7. The van der Waals surface area contributed by atoms with E-state index < -0.39 is 0 Å². The van der Waals surface area contributed by atoms with E-state index in [1.54, 1.807) is 30.7 Å². The monoisotopic (exact) mass is 321 g/mol. The molecule has 0 unspecified atom stereocenters. The molecule has 122 valence electrons. The fourth-order valence-corrected chi connectivity index (χ4v) is 2.43. The lowest BCUT2D eigenvalue weighted by atomic mass is 10.1. The number of rotatable bonds is 6. The van der Waals surface area contributed by atoms with Gasteiger partial charge in [-0.1, -0.05) is 24.3 Å². The van der Waals surface area contributed by atoms with Gasteiger partial charge in [0.1, 0.15) is 5.76 Å². The minimum atomic E-state index is -0.127. The van der Waals surface area contributed by atoms with E-state index in [0.29, 0.717) is 12.3 Å². The second-order valence-electron chi connectivity index (χ2n) is 5.43. The fourth-order valence-electron chi connectivity index (χ4n) is 2.43. The molecule has 24 heavy (non-hydrogen) atoms. The van der Waals surface area contributed by atoms with E-state index in [4.69, 9.17) is 4.42 Å². The molecule has 1 N–H and O–H groups in total. The average Bonchev–Trinajstić information content (AvgIpc) is 3.25. The van der Waals surface area contributed by atoms with Crippen molar-refractivity contribution in [3.63, 3.8) is 0 Å². The molecule has 1 aromatic carbocycles. The van der Waals surface area contributed by atoms with Crippen molar-refractivity contribution in [3.05, 3.63) is 72.3 Å². The van der Waals surface area contributed by atoms with Gasteiger partial charge in [-0.15, -0.1) is 0 Å². The predicted molar refractivity (Wildman–Crippen MR) is 93.1 cm³/mol. The molecule has 0 saturated carbocycles. The van der Waals surface area contributed by atoms with E-state index in [1.807, 2.05) is 17.8 Å². The van der Waals surface area contributed by atoms with Crippen LogP contribution in [0.1, 0.15) is 11.3 Å². The van der Waals surface area contributed by atoms with Crippen LogP contribution in [0.25, 0.3) is 17.3 Å². The van der Waals surface area contributed by atoms with Crippen LogP contribution in [0.3, 0.4) is 0 Å². The zero-order valence-electron chi connectivity index (χ0n) is 13.5. The summed E-state index contributed by atoms with van der Waals surface area (Å²) in [4.78, 5) is 11.7. The van der Waals surface area contributed by atoms with Gasteiger partial charge in [-0.25, -0.2) is 0 Å². The van der Waals surface area contributed by atoms with E-state index in [9.17, 15) is 4.79 Å². The topological polar surface area (TPSA) is 60.1 Å². The lowest BCUT2D eigenvalue weighted by Gasteiger charge is -2.05. The molecule has 0 bridgehead atoms. The second kappa shape index (κ2) is 7.46. The van der Waals surface area contributed by atoms with E-state index in [0.717, 1.165) is 17.7 Å². The molecule has 2 aromatic heterocycles. The molecule has 3 aromatic rings. The van der Waals surface area contributed by atoms with Crippen molar-refractivity contribution in [3.8, 4) is 11.3 Å². The molecule has 5 nitrogen and oxygen atoms in total. The third-order valence-electron chi connectivity index (χ3n) is 3.73. The summed E-state index contributed by atoms with van der Waals surface area (Å²) in [7, 11) is 1.93. The number of amides is 1. The summed E-state index contributed by atoms with van der Waals surface area (Å²) in [6.45, 7) is 0.590. The smallest absolute Gasteiger partial charge is 0.244 e. The quantitative estimate of drug-likeness (QED) is 0.710. The number of aromatic nitrogens is 2. The molecule has 2 heterocycles. The first-order chi connectivity index (χ1) is 11.7. The molecule has 0 radical (unpaired) electrons. The maximum Gasteiger partial charge on any atom is 0.244 e. The Morgan fingerprint density at radius 2 is 2.08 bits per heavy atom. The third kappa shape index (κ3) is 4.01. The van der Waals surface area contributed by atoms with Gasteiger partial charge >= 0.3 is 0 Å². The number of hydrogen-bond acceptors (Lipinski definition) is 3. The van der Waals surface area contributed by atoms with Crippen molar-refractivity contribution in [1.29, 1.82) is 0 Å². The molecule has 0 aliphatic heterocycles. The van der Waals surface area contributed by atoms with Crippen molar-refractivity contribution in [2.45, 2.75) is 6.42 Å². The summed E-state index contributed by atoms with van der Waals surface area (Å²) >= 11 is 0. The minimum absolute atomic E-state index is 0.127. The highest BCUT2D eigenvalue weighted by molar-refractivity contribution is 5.91. The molecular weight excluding hydrogens is 302 g/mol. The van der Waals surface area contributed by atoms with Gasteiger partial charge in [0.25, 0.3) is 0 Å². The maximum absolute atomic E-state index is 11.7. The number of benzene rings is 1. The molecule has 5 heteroatoms. The zero-order chi connectivity index (χ0) is 16.8. The van der Waals surface area contributed by atoms with Crippen LogP contribution >= 0.6 is 0 Å². The van der Waals surface area contributed by atoms with Gasteiger partial charge in [-0.05, 0) is 41.8 Å². The highest BCUT2D eigenvalue weighted by atomic mass is 16.3. The van der Waals surface area contributed by atoms with Gasteiger partial charge < -0.3 is 9.73 Å². The fraction of sp³-hybridized carbons (Fsp3) is 0.158. The molecule has 0 atom stereocenters. The van der Waals surface area contributed by atoms with Crippen molar-refractivity contribution in [2.24, 2.45) is 7.05 Å². The highest BCUT2D eigenvalue weighted by Gasteiger charge is 2.02. The molecule has 0 aliphatic rings. The standard InChI is InChI=1S/C19H19N3O2/c1-22-18(11-13-21-22)16-6-4-15(5-7-16)10-12-20-19(23)9-8-17-3-2-14-24-17/h2-9,11,13-14H,10,12H2,1H3,(H,20,23)/b9-8+. The van der Waals surface area contributed by atoms with Crippen LogP contribution in [0.2, 0.25) is 0 Å². The number of furan rings is 1. The second-order valence-corrected chi connectivity index (χ2v) is 5.43. The number of hydrogen-bond donors (Lipinski definition) is 1. The van der Waals surface area contributed by atoms with Gasteiger partial charge in [0.2, 0.25) is 5.91 Å². The van der Waals surface area contributed by atoms with E-state index in [1.165, 1.54) is 11.6 Å². The Hall–Kier alpha value is -3.08. The first-order valence-corrected chi connectivity index (χ1v) is 7.79. The van der Waals surface area contributed by atoms with E-state index >= 15 is 0 Å². The van der Waals surface area contributed by atoms with E-state index in [-0.39, 0.29) is 5.91 Å². The molecule has 3 rings (SSSR count). The molecule has 0 spiro atoms. The summed E-state index contributed by atoms with van der Waals surface area (Å²) in [5.41, 5.74) is 3.39. The van der Waals surface area contributed by atoms with Crippen molar-refractivity contribution < 1.29 is 9.21 Å².